The van der Waals surface area contributed by atoms with Gasteiger partial charge in [-0.05, 0) is 48.2 Å². The molecule has 1 unspecified atom stereocenters. The van der Waals surface area contributed by atoms with Crippen molar-refractivity contribution in [3.05, 3.63) is 89.5 Å². The van der Waals surface area contributed by atoms with Gasteiger partial charge in [0.2, 0.25) is 11.8 Å². The van der Waals surface area contributed by atoms with Crippen LogP contribution in [0.5, 0.6) is 17.2 Å². The van der Waals surface area contributed by atoms with Crippen molar-refractivity contribution in [3.63, 3.8) is 0 Å². The molecule has 3 aromatic carbocycles. The summed E-state index contributed by atoms with van der Waals surface area (Å²) >= 11 is 0. The van der Waals surface area contributed by atoms with Crippen molar-refractivity contribution in [2.45, 2.75) is 18.8 Å². The fourth-order valence-electron chi connectivity index (χ4n) is 4.47. The molecule has 0 aliphatic carbocycles. The van der Waals surface area contributed by atoms with Crippen molar-refractivity contribution in [1.82, 2.24) is 15.5 Å². The maximum absolute atomic E-state index is 13.9. The van der Waals surface area contributed by atoms with Crippen LogP contribution < -0.4 is 20.1 Å². The molecule has 3 N–H and O–H groups in total. The molecular weight excluding hydrogens is 498 g/mol. The molecule has 0 bridgehead atoms. The number of phenols is 1. The number of phenolic OH excluding ortho intramolecular Hbond substituents is 1. The summed E-state index contributed by atoms with van der Waals surface area (Å²) < 4.78 is 11.0. The SMILES string of the molecule is COc1ccc2c(c1)OCCNC(=O)CN(C(=O)C(Cc1ccc(O)cc1)c1ccccc1)CCCNC2=O. The van der Waals surface area contributed by atoms with Gasteiger partial charge in [-0.25, -0.2) is 0 Å². The molecule has 39 heavy (non-hydrogen) atoms. The molecule has 0 saturated carbocycles. The summed E-state index contributed by atoms with van der Waals surface area (Å²) in [4.78, 5) is 41.2. The van der Waals surface area contributed by atoms with Gasteiger partial charge < -0.3 is 30.1 Å². The minimum Gasteiger partial charge on any atom is -0.508 e. The van der Waals surface area contributed by atoms with Gasteiger partial charge in [0.25, 0.3) is 5.91 Å². The first-order valence-electron chi connectivity index (χ1n) is 12.9. The van der Waals surface area contributed by atoms with Crippen LogP contribution in [0.2, 0.25) is 0 Å². The first-order chi connectivity index (χ1) is 18.9. The molecule has 1 aliphatic rings. The Balaban J connectivity index is 1.53. The zero-order valence-corrected chi connectivity index (χ0v) is 21.9. The van der Waals surface area contributed by atoms with Crippen molar-refractivity contribution in [3.8, 4) is 17.2 Å². The van der Waals surface area contributed by atoms with Gasteiger partial charge in [0.15, 0.2) is 0 Å². The summed E-state index contributed by atoms with van der Waals surface area (Å²) in [6.45, 7) is 0.826. The third kappa shape index (κ3) is 7.50. The molecule has 0 saturated heterocycles. The third-order valence-electron chi connectivity index (χ3n) is 6.53. The number of carbonyl (C=O) groups is 3. The number of rotatable bonds is 5. The van der Waals surface area contributed by atoms with Crippen LogP contribution in [0.1, 0.15) is 33.8 Å². The van der Waals surface area contributed by atoms with Crippen molar-refractivity contribution < 1.29 is 29.0 Å². The predicted octanol–water partition coefficient (Wildman–Crippen LogP) is 2.88. The average molecular weight is 532 g/mol. The summed E-state index contributed by atoms with van der Waals surface area (Å²) in [5.41, 5.74) is 2.09. The van der Waals surface area contributed by atoms with E-state index in [-0.39, 0.29) is 49.7 Å². The van der Waals surface area contributed by atoms with Gasteiger partial charge in [-0.3, -0.25) is 14.4 Å². The standard InChI is InChI=1S/C30H33N3O6/c1-38-24-12-13-25-27(19-24)39-17-15-31-28(35)20-33(16-5-14-32-29(25)36)30(37)26(22-6-3-2-4-7-22)18-21-8-10-23(34)11-9-21/h2-4,6-13,19,26,34H,5,14-18,20H2,1H3,(H,31,35)(H,32,36). The van der Waals surface area contributed by atoms with Gasteiger partial charge in [0, 0.05) is 19.2 Å². The van der Waals surface area contributed by atoms with Crippen molar-refractivity contribution in [1.29, 1.82) is 0 Å². The van der Waals surface area contributed by atoms with E-state index >= 15 is 0 Å². The normalized spacial score (nSPS) is 15.6. The second-order valence-electron chi connectivity index (χ2n) is 9.26. The van der Waals surface area contributed by atoms with Crippen LogP contribution >= 0.6 is 0 Å². The number of methoxy groups -OCH3 is 1. The zero-order valence-electron chi connectivity index (χ0n) is 21.9. The lowest BCUT2D eigenvalue weighted by Crippen LogP contribution is -2.45. The third-order valence-corrected chi connectivity index (χ3v) is 6.53. The Morgan fingerprint density at radius 3 is 2.54 bits per heavy atom. The summed E-state index contributed by atoms with van der Waals surface area (Å²) in [7, 11) is 1.53. The number of aromatic hydroxyl groups is 1. The van der Waals surface area contributed by atoms with Gasteiger partial charge in [-0.2, -0.15) is 0 Å². The summed E-state index contributed by atoms with van der Waals surface area (Å²) in [5.74, 6) is -0.216. The fraction of sp³-hybridized carbons (Fsp3) is 0.300. The fourth-order valence-corrected chi connectivity index (χ4v) is 4.47. The number of ether oxygens (including phenoxy) is 2. The number of hydrogen-bond donors (Lipinski definition) is 3. The molecule has 1 heterocycles. The smallest absolute Gasteiger partial charge is 0.255 e. The molecule has 0 spiro atoms. The zero-order chi connectivity index (χ0) is 27.6. The van der Waals surface area contributed by atoms with E-state index in [1.54, 1.807) is 47.4 Å². The lowest BCUT2D eigenvalue weighted by Gasteiger charge is -2.28. The molecule has 0 aromatic heterocycles. The highest BCUT2D eigenvalue weighted by atomic mass is 16.5. The van der Waals surface area contributed by atoms with E-state index in [4.69, 9.17) is 9.47 Å². The number of amides is 3. The van der Waals surface area contributed by atoms with E-state index in [0.29, 0.717) is 36.4 Å². The van der Waals surface area contributed by atoms with Crippen molar-refractivity contribution in [2.75, 3.05) is 39.9 Å². The molecule has 0 radical (unpaired) electrons. The van der Waals surface area contributed by atoms with Gasteiger partial charge in [-0.15, -0.1) is 0 Å². The highest BCUT2D eigenvalue weighted by Crippen LogP contribution is 2.26. The Hall–Kier alpha value is -4.53. The molecule has 1 aliphatic heterocycles. The summed E-state index contributed by atoms with van der Waals surface area (Å²) in [6, 6.07) is 21.2. The molecular formula is C30H33N3O6. The molecule has 3 aromatic rings. The number of nitrogens with zero attached hydrogens (tertiary/aromatic N) is 1. The first kappa shape index (κ1) is 27.5. The highest BCUT2D eigenvalue weighted by Gasteiger charge is 2.28. The van der Waals surface area contributed by atoms with Crippen LogP contribution in [-0.4, -0.2) is 67.6 Å². The Morgan fingerprint density at radius 2 is 1.79 bits per heavy atom. The first-order valence-corrected chi connectivity index (χ1v) is 12.9. The molecule has 9 heteroatoms. The van der Waals surface area contributed by atoms with E-state index in [2.05, 4.69) is 10.6 Å². The van der Waals surface area contributed by atoms with Gasteiger partial charge >= 0.3 is 0 Å². The number of nitrogens with one attached hydrogen (secondary N) is 2. The van der Waals surface area contributed by atoms with E-state index in [1.807, 2.05) is 30.3 Å². The number of carbonyl (C=O) groups excluding carboxylic acids is 3. The second-order valence-corrected chi connectivity index (χ2v) is 9.26. The molecule has 204 valence electrons. The summed E-state index contributed by atoms with van der Waals surface area (Å²) in [5, 5.41) is 15.4. The quantitative estimate of drug-likeness (QED) is 0.466. The van der Waals surface area contributed by atoms with E-state index in [0.717, 1.165) is 11.1 Å². The number of hydrogen-bond acceptors (Lipinski definition) is 6. The Kier molecular flexibility index (Phi) is 9.39. The maximum atomic E-state index is 13.9. The number of benzene rings is 3. The van der Waals surface area contributed by atoms with Crippen LogP contribution in [0.3, 0.4) is 0 Å². The van der Waals surface area contributed by atoms with Crippen molar-refractivity contribution in [2.24, 2.45) is 0 Å². The number of fused-ring (bicyclic) bond motifs is 1. The monoisotopic (exact) mass is 531 g/mol. The summed E-state index contributed by atoms with van der Waals surface area (Å²) in [6.07, 6.45) is 0.865. The molecule has 3 amide bonds. The van der Waals surface area contributed by atoms with Crippen LogP contribution in [0, 0.1) is 0 Å². The Morgan fingerprint density at radius 1 is 1.03 bits per heavy atom. The average Bonchev–Trinajstić information content (AvgIpc) is 2.96. The van der Waals surface area contributed by atoms with Gasteiger partial charge in [0.05, 0.1) is 31.7 Å². The second kappa shape index (κ2) is 13.3. The maximum Gasteiger partial charge on any atom is 0.255 e. The molecule has 4 rings (SSSR count). The minimum absolute atomic E-state index is 0.115. The Bertz CT molecular complexity index is 1280. The molecule has 1 atom stereocenters. The largest absolute Gasteiger partial charge is 0.508 e. The highest BCUT2D eigenvalue weighted by molar-refractivity contribution is 5.97. The Labute approximate surface area is 227 Å². The van der Waals surface area contributed by atoms with Crippen molar-refractivity contribution >= 4 is 17.7 Å². The van der Waals surface area contributed by atoms with Gasteiger partial charge in [-0.1, -0.05) is 42.5 Å². The van der Waals surface area contributed by atoms with Gasteiger partial charge in [0.1, 0.15) is 23.9 Å². The van der Waals surface area contributed by atoms with E-state index in [9.17, 15) is 19.5 Å². The predicted molar refractivity (Wildman–Crippen MR) is 146 cm³/mol. The van der Waals surface area contributed by atoms with E-state index in [1.165, 1.54) is 7.11 Å². The van der Waals surface area contributed by atoms with Crippen LogP contribution in [0.15, 0.2) is 72.8 Å². The van der Waals surface area contributed by atoms with E-state index < -0.39 is 5.92 Å². The molecule has 9 nitrogen and oxygen atoms in total. The molecule has 0 fully saturated rings. The van der Waals surface area contributed by atoms with Crippen LogP contribution in [0.4, 0.5) is 0 Å². The topological polar surface area (TPSA) is 117 Å². The lowest BCUT2D eigenvalue weighted by atomic mass is 9.90. The lowest BCUT2D eigenvalue weighted by molar-refractivity contribution is -0.137. The van der Waals surface area contributed by atoms with Crippen LogP contribution in [0.25, 0.3) is 0 Å². The minimum atomic E-state index is -0.526. The van der Waals surface area contributed by atoms with Crippen LogP contribution in [-0.2, 0) is 16.0 Å².